The minimum absolute atomic E-state index is 0.299. The van der Waals surface area contributed by atoms with E-state index in [-0.39, 0.29) is 5.91 Å². The monoisotopic (exact) mass is 485 g/mol. The lowest BCUT2D eigenvalue weighted by Gasteiger charge is -2.24. The van der Waals surface area contributed by atoms with Crippen LogP contribution in [-0.2, 0) is 14.3 Å². The van der Waals surface area contributed by atoms with E-state index in [0.29, 0.717) is 32.9 Å². The van der Waals surface area contributed by atoms with Crippen molar-refractivity contribution in [3.63, 3.8) is 0 Å². The van der Waals surface area contributed by atoms with Gasteiger partial charge in [0.15, 0.2) is 17.5 Å². The van der Waals surface area contributed by atoms with Crippen LogP contribution in [0.4, 0.5) is 0 Å². The predicted octanol–water partition coefficient (Wildman–Crippen LogP) is 5.38. The van der Waals surface area contributed by atoms with Gasteiger partial charge in [0.05, 0.1) is 25.7 Å². The maximum atomic E-state index is 13.3. The molecule has 1 aliphatic heterocycles. The van der Waals surface area contributed by atoms with Gasteiger partial charge in [-0.1, -0.05) is 80.1 Å². The zero-order valence-corrected chi connectivity index (χ0v) is 20.5. The second kappa shape index (κ2) is 11.9. The first-order valence-electron chi connectivity index (χ1n) is 10.7. The lowest BCUT2D eigenvalue weighted by atomic mass is 10.1. The smallest absolute Gasteiger partial charge is 0.333 e. The highest BCUT2D eigenvalue weighted by Gasteiger charge is 2.41. The second-order valence-corrected chi connectivity index (χ2v) is 9.03. The number of rotatable bonds is 10. The van der Waals surface area contributed by atoms with Crippen molar-refractivity contribution in [3.8, 4) is 11.5 Å². The Kier molecular flexibility index (Phi) is 8.91. The van der Waals surface area contributed by atoms with Crippen molar-refractivity contribution in [3.05, 3.63) is 64.6 Å². The van der Waals surface area contributed by atoms with Crippen LogP contribution in [-0.4, -0.2) is 41.9 Å². The molecule has 1 aliphatic rings. The van der Waals surface area contributed by atoms with Crippen LogP contribution in [0.15, 0.2) is 53.4 Å². The highest BCUT2D eigenvalue weighted by atomic mass is 32.2. The van der Waals surface area contributed by atoms with Crippen molar-refractivity contribution < 1.29 is 23.8 Å². The summed E-state index contributed by atoms with van der Waals surface area (Å²) in [6.45, 7) is 2.77. The topological polar surface area (TPSA) is 65.1 Å². The van der Waals surface area contributed by atoms with Crippen molar-refractivity contribution >= 4 is 46.3 Å². The largest absolute Gasteiger partial charge is 0.493 e. The third-order valence-electron chi connectivity index (χ3n) is 5.11. The summed E-state index contributed by atoms with van der Waals surface area (Å²) in [4.78, 5) is 27.6. The average molecular weight is 486 g/mol. The van der Waals surface area contributed by atoms with Gasteiger partial charge in [-0.3, -0.25) is 9.69 Å². The number of unbranched alkanes of at least 4 members (excludes halogenated alkanes) is 2. The van der Waals surface area contributed by atoms with Gasteiger partial charge in [0.25, 0.3) is 5.91 Å². The molecule has 0 saturated carbocycles. The minimum Gasteiger partial charge on any atom is -0.493 e. The Morgan fingerprint density at radius 1 is 1.12 bits per heavy atom. The van der Waals surface area contributed by atoms with Gasteiger partial charge < -0.3 is 14.2 Å². The zero-order valence-electron chi connectivity index (χ0n) is 18.9. The number of carbonyl (C=O) groups is 2. The molecular weight excluding hydrogens is 458 g/mol. The maximum absolute atomic E-state index is 13.3. The van der Waals surface area contributed by atoms with Gasteiger partial charge in [-0.05, 0) is 35.8 Å². The molecule has 8 heteroatoms. The van der Waals surface area contributed by atoms with E-state index in [1.807, 2.05) is 24.3 Å². The third kappa shape index (κ3) is 5.94. The number of carbonyl (C=O) groups excluding carboxylic acids is 2. The highest BCUT2D eigenvalue weighted by molar-refractivity contribution is 8.26. The lowest BCUT2D eigenvalue weighted by Crippen LogP contribution is -2.37. The van der Waals surface area contributed by atoms with Gasteiger partial charge in [0.2, 0.25) is 0 Å². The van der Waals surface area contributed by atoms with Crippen LogP contribution in [0.25, 0.3) is 6.08 Å². The van der Waals surface area contributed by atoms with Crippen LogP contribution in [0.2, 0.25) is 0 Å². The molecule has 33 heavy (non-hydrogen) atoms. The molecule has 0 bridgehead atoms. The van der Waals surface area contributed by atoms with Crippen LogP contribution in [0, 0.1) is 0 Å². The molecular formula is C25H27NO5S2. The number of hydrogen-bond donors (Lipinski definition) is 0. The summed E-state index contributed by atoms with van der Waals surface area (Å²) in [5.41, 5.74) is 1.40. The highest BCUT2D eigenvalue weighted by Crippen LogP contribution is 2.39. The molecule has 1 unspecified atom stereocenters. The molecule has 1 saturated heterocycles. The fourth-order valence-electron chi connectivity index (χ4n) is 3.42. The summed E-state index contributed by atoms with van der Waals surface area (Å²) >= 11 is 6.62. The van der Waals surface area contributed by atoms with Crippen molar-refractivity contribution in [2.75, 3.05) is 20.8 Å². The minimum atomic E-state index is -0.942. The number of methoxy groups -OCH3 is 2. The number of amides is 1. The Labute approximate surface area is 203 Å². The first-order valence-corrected chi connectivity index (χ1v) is 11.9. The number of esters is 1. The molecule has 0 aromatic heterocycles. The first-order chi connectivity index (χ1) is 16.0. The lowest BCUT2D eigenvalue weighted by molar-refractivity contribution is -0.148. The van der Waals surface area contributed by atoms with E-state index in [1.165, 1.54) is 12.0 Å². The van der Waals surface area contributed by atoms with Crippen LogP contribution < -0.4 is 9.47 Å². The van der Waals surface area contributed by atoms with Crippen molar-refractivity contribution in [1.29, 1.82) is 0 Å². The number of nitrogens with zero attached hydrogens (tertiary/aromatic N) is 1. The van der Waals surface area contributed by atoms with Gasteiger partial charge in [-0.15, -0.1) is 0 Å². The van der Waals surface area contributed by atoms with Crippen LogP contribution in [0.1, 0.15) is 43.4 Å². The third-order valence-corrected chi connectivity index (χ3v) is 6.44. The van der Waals surface area contributed by atoms with Gasteiger partial charge in [0, 0.05) is 0 Å². The molecule has 1 amide bonds. The Morgan fingerprint density at radius 2 is 1.88 bits per heavy atom. The fraction of sp³-hybridized carbons (Fsp3) is 0.320. The van der Waals surface area contributed by atoms with Crippen LogP contribution in [0.5, 0.6) is 11.5 Å². The van der Waals surface area contributed by atoms with Crippen molar-refractivity contribution in [2.24, 2.45) is 0 Å². The number of hydrogen-bond acceptors (Lipinski definition) is 7. The number of benzene rings is 2. The van der Waals surface area contributed by atoms with Gasteiger partial charge >= 0.3 is 5.97 Å². The molecule has 1 heterocycles. The molecule has 1 fully saturated rings. The van der Waals surface area contributed by atoms with Crippen LogP contribution >= 0.6 is 24.0 Å². The zero-order chi connectivity index (χ0) is 23.8. The summed E-state index contributed by atoms with van der Waals surface area (Å²) < 4.78 is 16.6. The molecule has 0 spiro atoms. The van der Waals surface area contributed by atoms with Crippen molar-refractivity contribution in [1.82, 2.24) is 4.90 Å². The van der Waals surface area contributed by atoms with E-state index in [2.05, 4.69) is 6.92 Å². The Morgan fingerprint density at radius 3 is 2.55 bits per heavy atom. The van der Waals surface area contributed by atoms with Gasteiger partial charge in [0.1, 0.15) is 4.32 Å². The molecule has 2 aromatic rings. The number of thiocarbonyl (C=S) groups is 1. The SMILES string of the molecule is CCCCCOc1ccc(/C=C2\SC(=S)N(C(C(=O)OC)c3ccccc3)C2=O)cc1OC. The first kappa shape index (κ1) is 24.8. The number of thioether (sulfide) groups is 1. The van der Waals surface area contributed by atoms with Crippen molar-refractivity contribution in [2.45, 2.75) is 32.2 Å². The molecule has 0 radical (unpaired) electrons. The fourth-order valence-corrected chi connectivity index (χ4v) is 4.73. The number of ether oxygens (including phenoxy) is 3. The van der Waals surface area contributed by atoms with E-state index in [0.717, 1.165) is 36.6 Å². The summed E-state index contributed by atoms with van der Waals surface area (Å²) in [6.07, 6.45) is 4.95. The molecule has 0 aliphatic carbocycles. The summed E-state index contributed by atoms with van der Waals surface area (Å²) in [5, 5.41) is 0. The second-order valence-electron chi connectivity index (χ2n) is 7.35. The average Bonchev–Trinajstić information content (AvgIpc) is 3.10. The summed E-state index contributed by atoms with van der Waals surface area (Å²) in [7, 11) is 2.88. The summed E-state index contributed by atoms with van der Waals surface area (Å²) in [6, 6.07) is 13.6. The Bertz CT molecular complexity index is 1040. The normalized spacial score (nSPS) is 15.6. The van der Waals surface area contributed by atoms with Gasteiger partial charge in [-0.25, -0.2) is 4.79 Å². The maximum Gasteiger partial charge on any atom is 0.333 e. The van der Waals surface area contributed by atoms with E-state index in [4.69, 9.17) is 26.4 Å². The van der Waals surface area contributed by atoms with E-state index in [9.17, 15) is 9.59 Å². The molecule has 0 N–H and O–H groups in total. The summed E-state index contributed by atoms with van der Waals surface area (Å²) in [5.74, 6) is 0.355. The van der Waals surface area contributed by atoms with Gasteiger partial charge in [-0.2, -0.15) is 0 Å². The standard InChI is InChI=1S/C25H27NO5S2/c1-4-5-9-14-31-19-13-12-17(15-20(19)29-2)16-21-23(27)26(25(32)33-21)22(24(28)30-3)18-10-7-6-8-11-18/h6-8,10-13,15-16,22H,4-5,9,14H2,1-3H3/b21-16-. The molecule has 174 valence electrons. The van der Waals surface area contributed by atoms with E-state index in [1.54, 1.807) is 37.5 Å². The molecule has 2 aromatic carbocycles. The van der Waals surface area contributed by atoms with E-state index >= 15 is 0 Å². The molecule has 1 atom stereocenters. The van der Waals surface area contributed by atoms with E-state index < -0.39 is 12.0 Å². The molecule has 6 nitrogen and oxygen atoms in total. The Hall–Kier alpha value is -2.84. The quantitative estimate of drug-likeness (QED) is 0.194. The molecule has 3 rings (SSSR count). The predicted molar refractivity (Wildman–Crippen MR) is 134 cm³/mol. The Balaban J connectivity index is 1.84. The van der Waals surface area contributed by atoms with Crippen LogP contribution in [0.3, 0.4) is 0 Å².